The van der Waals surface area contributed by atoms with Crippen LogP contribution in [0.25, 0.3) is 0 Å². The molecule has 0 aliphatic carbocycles. The van der Waals surface area contributed by atoms with E-state index >= 15 is 0 Å². The van der Waals surface area contributed by atoms with Gasteiger partial charge in [-0.15, -0.1) is 0 Å². The molecule has 0 aliphatic heterocycles. The van der Waals surface area contributed by atoms with Gasteiger partial charge in [0.15, 0.2) is 0 Å². The van der Waals surface area contributed by atoms with Gasteiger partial charge < -0.3 is 20.2 Å². The quantitative estimate of drug-likeness (QED) is 0.382. The number of carbonyl (C=O) groups is 3. The number of amides is 2. The molecule has 0 saturated carbocycles. The van der Waals surface area contributed by atoms with Gasteiger partial charge in [-0.05, 0) is 37.5 Å². The first-order valence-corrected chi connectivity index (χ1v) is 11.2. The van der Waals surface area contributed by atoms with Crippen LogP contribution in [0.3, 0.4) is 0 Å². The highest BCUT2D eigenvalue weighted by Crippen LogP contribution is 2.36. The molecular formula is C28H30N2O4. The normalized spacial score (nSPS) is 12.3. The maximum atomic E-state index is 13.4. The van der Waals surface area contributed by atoms with Crippen LogP contribution < -0.4 is 10.6 Å². The largest absolute Gasteiger partial charge is 0.444 e. The molecule has 0 fully saturated rings. The van der Waals surface area contributed by atoms with Crippen molar-refractivity contribution in [2.45, 2.75) is 44.4 Å². The average Bonchev–Trinajstić information content (AvgIpc) is 2.82. The van der Waals surface area contributed by atoms with Gasteiger partial charge in [0, 0.05) is 0 Å². The van der Waals surface area contributed by atoms with Gasteiger partial charge in [0.2, 0.25) is 5.91 Å². The number of benzene rings is 3. The zero-order chi connectivity index (χ0) is 24.6. The maximum absolute atomic E-state index is 13.4. The van der Waals surface area contributed by atoms with E-state index in [2.05, 4.69) is 10.6 Å². The number of carbonyl (C=O) groups excluding carboxylic acids is 3. The van der Waals surface area contributed by atoms with Crippen LogP contribution in [0.4, 0.5) is 4.79 Å². The Bertz CT molecular complexity index is 997. The molecule has 0 aliphatic rings. The Balaban J connectivity index is 1.97. The van der Waals surface area contributed by atoms with Crippen LogP contribution in [0.5, 0.6) is 0 Å². The van der Waals surface area contributed by atoms with Gasteiger partial charge in [0.05, 0.1) is 12.5 Å². The molecule has 1 atom stereocenters. The van der Waals surface area contributed by atoms with Gasteiger partial charge in [0.1, 0.15) is 17.4 Å². The summed E-state index contributed by atoms with van der Waals surface area (Å²) in [5, 5.41) is 5.64. The van der Waals surface area contributed by atoms with Crippen LogP contribution in [0.2, 0.25) is 0 Å². The fourth-order valence-electron chi connectivity index (χ4n) is 3.83. The topological polar surface area (TPSA) is 84.5 Å². The first-order chi connectivity index (χ1) is 16.2. The smallest absolute Gasteiger partial charge is 0.408 e. The third kappa shape index (κ3) is 6.10. The molecular weight excluding hydrogens is 428 g/mol. The van der Waals surface area contributed by atoms with Crippen molar-refractivity contribution in [3.8, 4) is 0 Å². The summed E-state index contributed by atoms with van der Waals surface area (Å²) in [6, 6.07) is 27.9. The minimum absolute atomic E-state index is 0.239. The molecule has 1 unspecified atom stereocenters. The monoisotopic (exact) mass is 458 g/mol. The number of rotatable bonds is 8. The third-order valence-electron chi connectivity index (χ3n) is 5.22. The highest BCUT2D eigenvalue weighted by Gasteiger charge is 2.38. The van der Waals surface area contributed by atoms with Gasteiger partial charge in [-0.2, -0.15) is 0 Å². The molecule has 0 saturated heterocycles. The number of alkyl carbamates (subject to hydrolysis) is 1. The summed E-state index contributed by atoms with van der Waals surface area (Å²) in [5.74, 6) is -0.398. The van der Waals surface area contributed by atoms with Crippen LogP contribution in [0.1, 0.15) is 43.9 Å². The molecule has 2 N–H and O–H groups in total. The van der Waals surface area contributed by atoms with Crippen molar-refractivity contribution in [2.75, 3.05) is 0 Å². The zero-order valence-corrected chi connectivity index (χ0v) is 19.7. The van der Waals surface area contributed by atoms with Gasteiger partial charge in [-0.3, -0.25) is 4.79 Å². The van der Waals surface area contributed by atoms with E-state index in [1.807, 2.05) is 91.0 Å². The van der Waals surface area contributed by atoms with E-state index in [4.69, 9.17) is 4.74 Å². The fraction of sp³-hybridized carbons (Fsp3) is 0.250. The van der Waals surface area contributed by atoms with E-state index in [0.717, 1.165) is 16.7 Å². The van der Waals surface area contributed by atoms with E-state index in [1.165, 1.54) is 0 Å². The molecule has 0 aromatic heterocycles. The number of hydrogen-bond donors (Lipinski definition) is 2. The van der Waals surface area contributed by atoms with E-state index in [1.54, 1.807) is 20.8 Å². The lowest BCUT2D eigenvalue weighted by Gasteiger charge is -2.37. The number of nitrogens with one attached hydrogen (secondary N) is 2. The second-order valence-corrected chi connectivity index (χ2v) is 8.99. The molecule has 2 amide bonds. The van der Waals surface area contributed by atoms with Crippen molar-refractivity contribution >= 4 is 18.3 Å². The van der Waals surface area contributed by atoms with Crippen molar-refractivity contribution in [1.82, 2.24) is 10.6 Å². The molecule has 0 heterocycles. The minimum atomic E-state index is -1.03. The van der Waals surface area contributed by atoms with Gasteiger partial charge >= 0.3 is 6.09 Å². The van der Waals surface area contributed by atoms with Gasteiger partial charge in [-0.1, -0.05) is 91.0 Å². The summed E-state index contributed by atoms with van der Waals surface area (Å²) in [4.78, 5) is 37.2. The highest BCUT2D eigenvalue weighted by atomic mass is 16.6. The Morgan fingerprint density at radius 2 is 1.21 bits per heavy atom. The molecule has 3 aromatic carbocycles. The lowest BCUT2D eigenvalue weighted by molar-refractivity contribution is -0.124. The summed E-state index contributed by atoms with van der Waals surface area (Å²) in [6.07, 6.45) is -0.451. The van der Waals surface area contributed by atoms with Gasteiger partial charge in [-0.25, -0.2) is 4.79 Å². The molecule has 34 heavy (non-hydrogen) atoms. The summed E-state index contributed by atoms with van der Waals surface area (Å²) in [6.45, 7) is 5.18. The second-order valence-electron chi connectivity index (χ2n) is 8.99. The van der Waals surface area contributed by atoms with E-state index in [-0.39, 0.29) is 6.42 Å². The SMILES string of the molecule is CC(C)(C)OC(=O)NC(C=O)CC(=O)NC(c1ccccc1)(c1ccccc1)c1ccccc1. The van der Waals surface area contributed by atoms with Crippen molar-refractivity contribution in [3.63, 3.8) is 0 Å². The Hall–Kier alpha value is -3.93. The Labute approximate surface area is 200 Å². The summed E-state index contributed by atoms with van der Waals surface area (Å²) < 4.78 is 5.22. The Morgan fingerprint density at radius 1 is 0.794 bits per heavy atom. The third-order valence-corrected chi connectivity index (χ3v) is 5.22. The Kier molecular flexibility index (Phi) is 7.84. The molecule has 176 valence electrons. The van der Waals surface area contributed by atoms with Crippen LogP contribution in [-0.2, 0) is 19.9 Å². The molecule has 0 bridgehead atoms. The lowest BCUT2D eigenvalue weighted by atomic mass is 9.77. The predicted octanol–water partition coefficient (Wildman–Crippen LogP) is 4.58. The molecule has 0 radical (unpaired) electrons. The molecule has 6 heteroatoms. The highest BCUT2D eigenvalue weighted by molar-refractivity contribution is 5.84. The predicted molar refractivity (Wildman–Crippen MR) is 131 cm³/mol. The fourth-order valence-corrected chi connectivity index (χ4v) is 3.83. The van der Waals surface area contributed by atoms with E-state index in [0.29, 0.717) is 6.29 Å². The summed E-state index contributed by atoms with van der Waals surface area (Å²) in [7, 11) is 0. The molecule has 3 rings (SSSR count). The van der Waals surface area contributed by atoms with Crippen LogP contribution in [0.15, 0.2) is 91.0 Å². The minimum Gasteiger partial charge on any atom is -0.444 e. The molecule has 0 spiro atoms. The second kappa shape index (κ2) is 10.8. The molecule has 3 aromatic rings. The first kappa shape index (κ1) is 24.7. The van der Waals surface area contributed by atoms with Crippen molar-refractivity contribution in [2.24, 2.45) is 0 Å². The Morgan fingerprint density at radius 3 is 1.56 bits per heavy atom. The van der Waals surface area contributed by atoms with E-state index < -0.39 is 29.2 Å². The number of aldehydes is 1. The van der Waals surface area contributed by atoms with Crippen LogP contribution in [-0.4, -0.2) is 29.9 Å². The first-order valence-electron chi connectivity index (χ1n) is 11.2. The number of ether oxygens (including phenoxy) is 1. The van der Waals surface area contributed by atoms with Crippen LogP contribution in [0, 0.1) is 0 Å². The van der Waals surface area contributed by atoms with Gasteiger partial charge in [0.25, 0.3) is 0 Å². The van der Waals surface area contributed by atoms with Crippen molar-refractivity contribution in [3.05, 3.63) is 108 Å². The van der Waals surface area contributed by atoms with Crippen LogP contribution >= 0.6 is 0 Å². The zero-order valence-electron chi connectivity index (χ0n) is 19.7. The van der Waals surface area contributed by atoms with Crippen molar-refractivity contribution < 1.29 is 19.1 Å². The molecule has 6 nitrogen and oxygen atoms in total. The lowest BCUT2D eigenvalue weighted by Crippen LogP contribution is -2.50. The summed E-state index contributed by atoms with van der Waals surface area (Å²) >= 11 is 0. The average molecular weight is 459 g/mol. The van der Waals surface area contributed by atoms with Crippen molar-refractivity contribution in [1.29, 1.82) is 0 Å². The number of hydrogen-bond acceptors (Lipinski definition) is 4. The van der Waals surface area contributed by atoms with E-state index in [9.17, 15) is 14.4 Å². The maximum Gasteiger partial charge on any atom is 0.408 e. The standard InChI is InChI=1S/C28H30N2O4/c1-27(2,3)34-26(33)29-24(20-31)19-25(32)30-28(21-13-7-4-8-14-21,22-15-9-5-10-16-22)23-17-11-6-12-18-23/h4-18,20,24H,19H2,1-3H3,(H,29,33)(H,30,32). The summed E-state index contributed by atoms with van der Waals surface area (Å²) in [5.41, 5.74) is 0.874.